The molecule has 1 unspecified atom stereocenters. The molecular weight excluding hydrogens is 456 g/mol. The van der Waals surface area contributed by atoms with Crippen LogP contribution in [0, 0.1) is 5.92 Å². The van der Waals surface area contributed by atoms with Crippen LogP contribution >= 0.6 is 34.7 Å². The van der Waals surface area contributed by atoms with E-state index < -0.39 is 5.92 Å². The standard InChI is InChI=1S/C21H17ClN4O3S2/c22-15-7-4-8-16(10-15)26-11-14(9-18(26)28)19(29)23-20-24-25-21(31-20)30-12-17(27)13-5-2-1-3-6-13/h1-8,10,14H,9,11-12H2,(H,23,24,29). The van der Waals surface area contributed by atoms with Crippen molar-refractivity contribution in [1.29, 1.82) is 0 Å². The second-order valence-electron chi connectivity index (χ2n) is 6.83. The molecule has 2 amide bonds. The molecule has 1 saturated heterocycles. The maximum atomic E-state index is 12.6. The maximum Gasteiger partial charge on any atom is 0.231 e. The van der Waals surface area contributed by atoms with Gasteiger partial charge in [0.2, 0.25) is 16.9 Å². The Bertz CT molecular complexity index is 1120. The highest BCUT2D eigenvalue weighted by molar-refractivity contribution is 8.01. The largest absolute Gasteiger partial charge is 0.312 e. The molecule has 1 aliphatic rings. The fourth-order valence-electron chi connectivity index (χ4n) is 3.14. The van der Waals surface area contributed by atoms with Gasteiger partial charge < -0.3 is 10.2 Å². The van der Waals surface area contributed by atoms with Crippen molar-refractivity contribution in [3.05, 3.63) is 65.2 Å². The highest BCUT2D eigenvalue weighted by Crippen LogP contribution is 2.30. The van der Waals surface area contributed by atoms with E-state index in [0.29, 0.717) is 25.7 Å². The minimum atomic E-state index is -0.494. The number of ketones is 1. The Balaban J connectivity index is 1.32. The van der Waals surface area contributed by atoms with E-state index in [1.165, 1.54) is 23.1 Å². The molecule has 158 valence electrons. The van der Waals surface area contributed by atoms with Crippen LogP contribution in [0.5, 0.6) is 0 Å². The predicted octanol–water partition coefficient (Wildman–Crippen LogP) is 4.16. The molecule has 0 aliphatic carbocycles. The van der Waals surface area contributed by atoms with Gasteiger partial charge in [-0.3, -0.25) is 14.4 Å². The van der Waals surface area contributed by atoms with Crippen molar-refractivity contribution < 1.29 is 14.4 Å². The van der Waals surface area contributed by atoms with Gasteiger partial charge >= 0.3 is 0 Å². The van der Waals surface area contributed by atoms with E-state index in [9.17, 15) is 14.4 Å². The first-order valence-corrected chi connectivity index (χ1v) is 11.6. The van der Waals surface area contributed by atoms with E-state index >= 15 is 0 Å². The molecule has 0 spiro atoms. The fraction of sp³-hybridized carbons (Fsp3) is 0.190. The molecule has 0 bridgehead atoms. The Morgan fingerprint density at radius 2 is 1.97 bits per heavy atom. The van der Waals surface area contributed by atoms with E-state index in [1.54, 1.807) is 41.3 Å². The third-order valence-electron chi connectivity index (χ3n) is 4.67. The van der Waals surface area contributed by atoms with Crippen LogP contribution in [0.2, 0.25) is 5.02 Å². The predicted molar refractivity (Wildman–Crippen MR) is 122 cm³/mol. The number of hydrogen-bond donors (Lipinski definition) is 1. The summed E-state index contributed by atoms with van der Waals surface area (Å²) in [4.78, 5) is 38.8. The van der Waals surface area contributed by atoms with E-state index in [1.807, 2.05) is 18.2 Å². The Morgan fingerprint density at radius 3 is 2.74 bits per heavy atom. The number of halogens is 1. The van der Waals surface area contributed by atoms with Crippen LogP contribution in [0.4, 0.5) is 10.8 Å². The number of amides is 2. The number of carbonyl (C=O) groups is 3. The minimum Gasteiger partial charge on any atom is -0.312 e. The summed E-state index contributed by atoms with van der Waals surface area (Å²) in [7, 11) is 0. The van der Waals surface area contributed by atoms with Crippen LogP contribution in [0.3, 0.4) is 0 Å². The highest BCUT2D eigenvalue weighted by Gasteiger charge is 2.35. The summed E-state index contributed by atoms with van der Waals surface area (Å²) in [5.74, 6) is -0.678. The molecule has 3 aromatic rings. The molecule has 0 radical (unpaired) electrons. The van der Waals surface area contributed by atoms with Crippen LogP contribution in [-0.4, -0.2) is 40.1 Å². The van der Waals surface area contributed by atoms with Crippen molar-refractivity contribution in [3.63, 3.8) is 0 Å². The van der Waals surface area contributed by atoms with Crippen molar-refractivity contribution in [3.8, 4) is 0 Å². The summed E-state index contributed by atoms with van der Waals surface area (Å²) in [5, 5.41) is 11.6. The molecule has 1 aromatic heterocycles. The van der Waals surface area contributed by atoms with Gasteiger partial charge in [0.05, 0.1) is 11.7 Å². The van der Waals surface area contributed by atoms with E-state index in [-0.39, 0.29) is 36.3 Å². The lowest BCUT2D eigenvalue weighted by atomic mass is 10.1. The van der Waals surface area contributed by atoms with E-state index in [4.69, 9.17) is 11.6 Å². The number of hydrogen-bond acceptors (Lipinski definition) is 7. The second-order valence-corrected chi connectivity index (χ2v) is 9.46. The Morgan fingerprint density at radius 1 is 1.16 bits per heavy atom. The third kappa shape index (κ3) is 5.30. The Kier molecular flexibility index (Phi) is 6.64. The summed E-state index contributed by atoms with van der Waals surface area (Å²) >= 11 is 8.48. The SMILES string of the molecule is O=C(CSc1nnc(NC(=O)C2CC(=O)N(c3cccc(Cl)c3)C2)s1)c1ccccc1. The van der Waals surface area contributed by atoms with Crippen molar-refractivity contribution in [1.82, 2.24) is 10.2 Å². The van der Waals surface area contributed by atoms with Gasteiger partial charge in [0.1, 0.15) is 0 Å². The summed E-state index contributed by atoms with van der Waals surface area (Å²) in [6.45, 7) is 0.275. The summed E-state index contributed by atoms with van der Waals surface area (Å²) in [6, 6.07) is 16.0. The fourth-order valence-corrected chi connectivity index (χ4v) is 4.97. The number of carbonyl (C=O) groups excluding carboxylic acids is 3. The van der Waals surface area contributed by atoms with E-state index in [0.717, 1.165) is 0 Å². The summed E-state index contributed by atoms with van der Waals surface area (Å²) < 4.78 is 0.586. The molecule has 7 nitrogen and oxygen atoms in total. The van der Waals surface area contributed by atoms with Crippen molar-refractivity contribution in [2.24, 2.45) is 5.92 Å². The molecule has 31 heavy (non-hydrogen) atoms. The molecule has 1 fully saturated rings. The molecule has 4 rings (SSSR count). The number of Topliss-reactive ketones (excluding diaryl/α,β-unsaturated/α-hetero) is 1. The van der Waals surface area contributed by atoms with Gasteiger partial charge in [0, 0.05) is 29.2 Å². The minimum absolute atomic E-state index is 0.00281. The lowest BCUT2D eigenvalue weighted by Gasteiger charge is -2.16. The average Bonchev–Trinajstić information content (AvgIpc) is 3.39. The second kappa shape index (κ2) is 9.59. The maximum absolute atomic E-state index is 12.6. The number of aromatic nitrogens is 2. The smallest absolute Gasteiger partial charge is 0.231 e. The van der Waals surface area contributed by atoms with Gasteiger partial charge in [-0.05, 0) is 18.2 Å². The summed E-state index contributed by atoms with van der Waals surface area (Å²) in [6.07, 6.45) is 0.115. The average molecular weight is 473 g/mol. The first-order valence-electron chi connectivity index (χ1n) is 9.41. The molecular formula is C21H17ClN4O3S2. The number of thioether (sulfide) groups is 1. The molecule has 0 saturated carbocycles. The van der Waals surface area contributed by atoms with Crippen molar-refractivity contribution in [2.75, 3.05) is 22.5 Å². The van der Waals surface area contributed by atoms with Crippen LogP contribution in [-0.2, 0) is 9.59 Å². The van der Waals surface area contributed by atoms with Crippen molar-refractivity contribution >= 4 is 63.1 Å². The third-order valence-corrected chi connectivity index (χ3v) is 6.88. The van der Waals surface area contributed by atoms with Gasteiger partial charge in [-0.1, -0.05) is 71.1 Å². The molecule has 1 atom stereocenters. The van der Waals surface area contributed by atoms with Gasteiger partial charge in [-0.15, -0.1) is 10.2 Å². The number of nitrogens with zero attached hydrogens (tertiary/aromatic N) is 3. The lowest BCUT2D eigenvalue weighted by Crippen LogP contribution is -2.28. The topological polar surface area (TPSA) is 92.3 Å². The molecule has 1 aliphatic heterocycles. The molecule has 2 heterocycles. The zero-order chi connectivity index (χ0) is 21.8. The van der Waals surface area contributed by atoms with Gasteiger partial charge in [-0.2, -0.15) is 0 Å². The Hall–Kier alpha value is -2.75. The molecule has 10 heteroatoms. The van der Waals surface area contributed by atoms with Gasteiger partial charge in [0.15, 0.2) is 10.1 Å². The first-order chi connectivity index (χ1) is 15.0. The van der Waals surface area contributed by atoms with Gasteiger partial charge in [0.25, 0.3) is 0 Å². The number of benzene rings is 2. The monoisotopic (exact) mass is 472 g/mol. The van der Waals surface area contributed by atoms with Crippen LogP contribution in [0.25, 0.3) is 0 Å². The van der Waals surface area contributed by atoms with Gasteiger partial charge in [-0.25, -0.2) is 0 Å². The molecule has 1 N–H and O–H groups in total. The Labute approximate surface area is 191 Å². The summed E-state index contributed by atoms with van der Waals surface area (Å²) in [5.41, 5.74) is 1.31. The zero-order valence-corrected chi connectivity index (χ0v) is 18.5. The van der Waals surface area contributed by atoms with E-state index in [2.05, 4.69) is 15.5 Å². The quantitative estimate of drug-likeness (QED) is 0.315. The number of nitrogens with one attached hydrogen (secondary N) is 1. The normalized spacial score (nSPS) is 15.8. The first kappa shape index (κ1) is 21.5. The van der Waals surface area contributed by atoms with Crippen molar-refractivity contribution in [2.45, 2.75) is 10.8 Å². The van der Waals surface area contributed by atoms with Crippen LogP contribution in [0.1, 0.15) is 16.8 Å². The molecule has 2 aromatic carbocycles. The van der Waals surface area contributed by atoms with Crippen LogP contribution in [0.15, 0.2) is 58.9 Å². The lowest BCUT2D eigenvalue weighted by molar-refractivity contribution is -0.122. The number of rotatable bonds is 7. The zero-order valence-electron chi connectivity index (χ0n) is 16.2. The highest BCUT2D eigenvalue weighted by atomic mass is 35.5. The number of anilines is 2. The van der Waals surface area contributed by atoms with Crippen LogP contribution < -0.4 is 10.2 Å².